The molecule has 1 aliphatic rings. The van der Waals surface area contributed by atoms with Gasteiger partial charge in [-0.1, -0.05) is 66.7 Å². The summed E-state index contributed by atoms with van der Waals surface area (Å²) in [6.07, 6.45) is 2.18. The van der Waals surface area contributed by atoms with Gasteiger partial charge in [-0.05, 0) is 54.3 Å². The van der Waals surface area contributed by atoms with Gasteiger partial charge in [-0.15, -0.1) is 0 Å². The zero-order valence-corrected chi connectivity index (χ0v) is 16.0. The van der Waals surface area contributed by atoms with Crippen molar-refractivity contribution in [1.82, 2.24) is 10.2 Å². The Labute approximate surface area is 161 Å². The third-order valence-corrected chi connectivity index (χ3v) is 5.69. The molecule has 0 aliphatic heterocycles. The molecule has 2 atom stereocenters. The lowest BCUT2D eigenvalue weighted by Crippen LogP contribution is -2.37. The predicted octanol–water partition coefficient (Wildman–Crippen LogP) is 4.64. The lowest BCUT2D eigenvalue weighted by molar-refractivity contribution is -0.123. The molecule has 0 bridgehead atoms. The van der Waals surface area contributed by atoms with Crippen molar-refractivity contribution in [2.24, 2.45) is 0 Å². The van der Waals surface area contributed by atoms with E-state index in [1.54, 1.807) is 0 Å². The maximum Gasteiger partial charge on any atom is 0.234 e. The molecule has 1 amide bonds. The molecule has 0 heterocycles. The Balaban J connectivity index is 1.43. The van der Waals surface area contributed by atoms with Crippen LogP contribution < -0.4 is 5.32 Å². The van der Waals surface area contributed by atoms with Crippen LogP contribution in [0.3, 0.4) is 0 Å². The molecule has 138 valence electrons. The third kappa shape index (κ3) is 3.60. The van der Waals surface area contributed by atoms with E-state index in [9.17, 15) is 4.79 Å². The van der Waals surface area contributed by atoms with E-state index >= 15 is 0 Å². The number of amides is 1. The lowest BCUT2D eigenvalue weighted by Gasteiger charge is -2.25. The highest BCUT2D eigenvalue weighted by Crippen LogP contribution is 2.34. The van der Waals surface area contributed by atoms with Crippen molar-refractivity contribution in [3.05, 3.63) is 83.4 Å². The van der Waals surface area contributed by atoms with Crippen LogP contribution in [-0.2, 0) is 11.2 Å². The standard InChI is InChI=1S/C24H26N2O/c1-17(20-13-7-10-18-8-3-5-11-21(18)20)25-24(27)16-26(2)23-15-14-19-9-4-6-12-22(19)23/h3-13,17,23H,14-16H2,1-2H3,(H,25,27)/t17-,23-/m1/s1. The van der Waals surface area contributed by atoms with Crippen LogP contribution in [-0.4, -0.2) is 24.4 Å². The molecule has 1 N–H and O–H groups in total. The summed E-state index contributed by atoms with van der Waals surface area (Å²) >= 11 is 0. The average molecular weight is 358 g/mol. The van der Waals surface area contributed by atoms with Gasteiger partial charge >= 0.3 is 0 Å². The zero-order valence-electron chi connectivity index (χ0n) is 16.0. The molecule has 0 unspecified atom stereocenters. The van der Waals surface area contributed by atoms with Crippen LogP contribution in [0.15, 0.2) is 66.7 Å². The van der Waals surface area contributed by atoms with Crippen molar-refractivity contribution in [3.63, 3.8) is 0 Å². The van der Waals surface area contributed by atoms with Crippen LogP contribution >= 0.6 is 0 Å². The highest BCUT2D eigenvalue weighted by Gasteiger charge is 2.26. The first-order chi connectivity index (χ1) is 13.1. The highest BCUT2D eigenvalue weighted by molar-refractivity contribution is 5.87. The minimum atomic E-state index is -0.0205. The molecule has 4 rings (SSSR count). The minimum absolute atomic E-state index is 0.0205. The summed E-state index contributed by atoms with van der Waals surface area (Å²) in [5, 5.41) is 5.59. The van der Waals surface area contributed by atoms with Crippen LogP contribution in [0, 0.1) is 0 Å². The van der Waals surface area contributed by atoms with Gasteiger partial charge in [0, 0.05) is 6.04 Å². The van der Waals surface area contributed by atoms with Gasteiger partial charge in [0.1, 0.15) is 0 Å². The quantitative estimate of drug-likeness (QED) is 0.721. The fourth-order valence-electron chi connectivity index (χ4n) is 4.32. The Hall–Kier alpha value is -2.65. The van der Waals surface area contributed by atoms with E-state index in [-0.39, 0.29) is 11.9 Å². The van der Waals surface area contributed by atoms with Gasteiger partial charge in [0.2, 0.25) is 5.91 Å². The molecule has 0 saturated heterocycles. The maximum atomic E-state index is 12.7. The van der Waals surface area contributed by atoms with Gasteiger partial charge < -0.3 is 5.32 Å². The van der Waals surface area contributed by atoms with E-state index in [4.69, 9.17) is 0 Å². The molecule has 0 fully saturated rings. The molecule has 0 spiro atoms. The number of likely N-dealkylation sites (N-methyl/N-ethyl adjacent to an activating group) is 1. The molecule has 3 aromatic carbocycles. The summed E-state index contributed by atoms with van der Waals surface area (Å²) < 4.78 is 0. The molecule has 27 heavy (non-hydrogen) atoms. The van der Waals surface area contributed by atoms with Gasteiger partial charge in [-0.3, -0.25) is 9.69 Å². The number of benzene rings is 3. The fourth-order valence-corrected chi connectivity index (χ4v) is 4.32. The Morgan fingerprint density at radius 2 is 1.81 bits per heavy atom. The maximum absolute atomic E-state index is 12.7. The summed E-state index contributed by atoms with van der Waals surface area (Å²) in [7, 11) is 2.05. The second-order valence-electron chi connectivity index (χ2n) is 7.53. The van der Waals surface area contributed by atoms with Crippen LogP contribution in [0.1, 0.15) is 42.1 Å². The molecule has 0 radical (unpaired) electrons. The third-order valence-electron chi connectivity index (χ3n) is 5.69. The fraction of sp³-hybridized carbons (Fsp3) is 0.292. The zero-order chi connectivity index (χ0) is 18.8. The number of rotatable bonds is 5. The number of hydrogen-bond acceptors (Lipinski definition) is 2. The summed E-state index contributed by atoms with van der Waals surface area (Å²) in [4.78, 5) is 14.9. The van der Waals surface area contributed by atoms with E-state index < -0.39 is 0 Å². The Kier molecular flexibility index (Phi) is 4.95. The Morgan fingerprint density at radius 3 is 2.70 bits per heavy atom. The molecule has 3 heteroatoms. The van der Waals surface area contributed by atoms with Gasteiger partial charge in [0.15, 0.2) is 0 Å². The van der Waals surface area contributed by atoms with E-state index in [0.717, 1.165) is 18.4 Å². The van der Waals surface area contributed by atoms with E-state index in [1.165, 1.54) is 21.9 Å². The first kappa shape index (κ1) is 17.7. The summed E-state index contributed by atoms with van der Waals surface area (Å²) in [6.45, 7) is 2.47. The number of aryl methyl sites for hydroxylation is 1. The summed E-state index contributed by atoms with van der Waals surface area (Å²) in [5.41, 5.74) is 3.95. The van der Waals surface area contributed by atoms with Gasteiger partial charge in [0.05, 0.1) is 12.6 Å². The van der Waals surface area contributed by atoms with Crippen LogP contribution in [0.2, 0.25) is 0 Å². The normalized spacial score (nSPS) is 17.1. The van der Waals surface area contributed by atoms with Crippen LogP contribution in [0.5, 0.6) is 0 Å². The second-order valence-corrected chi connectivity index (χ2v) is 7.53. The SMILES string of the molecule is C[C@@H](NC(=O)CN(C)[C@@H]1CCc2ccccc21)c1cccc2ccccc12. The van der Waals surface area contributed by atoms with Gasteiger partial charge in [-0.2, -0.15) is 0 Å². The van der Waals surface area contributed by atoms with Gasteiger partial charge in [0.25, 0.3) is 0 Å². The number of hydrogen-bond donors (Lipinski definition) is 1. The van der Waals surface area contributed by atoms with Crippen molar-refractivity contribution in [2.45, 2.75) is 31.8 Å². The minimum Gasteiger partial charge on any atom is -0.348 e. The van der Waals surface area contributed by atoms with E-state index in [2.05, 4.69) is 78.8 Å². The lowest BCUT2D eigenvalue weighted by atomic mass is 9.99. The van der Waals surface area contributed by atoms with Crippen molar-refractivity contribution < 1.29 is 4.79 Å². The molecule has 0 saturated carbocycles. The Bertz CT molecular complexity index is 960. The van der Waals surface area contributed by atoms with E-state index in [1.807, 2.05) is 12.1 Å². The van der Waals surface area contributed by atoms with Crippen molar-refractivity contribution >= 4 is 16.7 Å². The predicted molar refractivity (Wildman–Crippen MR) is 111 cm³/mol. The molecule has 3 nitrogen and oxygen atoms in total. The molecule has 1 aliphatic carbocycles. The molecule has 3 aromatic rings. The van der Waals surface area contributed by atoms with Crippen molar-refractivity contribution in [3.8, 4) is 0 Å². The summed E-state index contributed by atoms with van der Waals surface area (Å²) in [6, 6.07) is 23.5. The average Bonchev–Trinajstić information content (AvgIpc) is 3.11. The highest BCUT2D eigenvalue weighted by atomic mass is 16.2. The Morgan fingerprint density at radius 1 is 1.07 bits per heavy atom. The monoisotopic (exact) mass is 358 g/mol. The molecular weight excluding hydrogens is 332 g/mol. The molecule has 0 aromatic heterocycles. The first-order valence-corrected chi connectivity index (χ1v) is 9.68. The topological polar surface area (TPSA) is 32.3 Å². The first-order valence-electron chi connectivity index (χ1n) is 9.68. The number of nitrogens with zero attached hydrogens (tertiary/aromatic N) is 1. The largest absolute Gasteiger partial charge is 0.348 e. The van der Waals surface area contributed by atoms with Crippen molar-refractivity contribution in [1.29, 1.82) is 0 Å². The smallest absolute Gasteiger partial charge is 0.234 e. The van der Waals surface area contributed by atoms with Crippen LogP contribution in [0.4, 0.5) is 0 Å². The van der Waals surface area contributed by atoms with E-state index in [0.29, 0.717) is 12.6 Å². The number of carbonyl (C=O) groups is 1. The van der Waals surface area contributed by atoms with Crippen LogP contribution in [0.25, 0.3) is 10.8 Å². The second kappa shape index (κ2) is 7.53. The number of nitrogens with one attached hydrogen (secondary N) is 1. The van der Waals surface area contributed by atoms with Crippen molar-refractivity contribution in [2.75, 3.05) is 13.6 Å². The number of fused-ring (bicyclic) bond motifs is 2. The molecular formula is C24H26N2O. The van der Waals surface area contributed by atoms with Gasteiger partial charge in [-0.25, -0.2) is 0 Å². The summed E-state index contributed by atoms with van der Waals surface area (Å²) in [5.74, 6) is 0.0716. The number of carbonyl (C=O) groups excluding carboxylic acids is 1.